The molecule has 2 aliphatic heterocycles. The third kappa shape index (κ3) is 2.64. The van der Waals surface area contributed by atoms with Crippen LogP contribution in [0, 0.1) is 39.9 Å². The topological polar surface area (TPSA) is 97.4 Å². The maximum atomic E-state index is 12.4. The summed E-state index contributed by atoms with van der Waals surface area (Å²) in [6, 6.07) is 4.24. The molecule has 0 aromatic rings. The number of piperidine rings is 2. The standard InChI is InChI=1S/C15H18N4O3S/c1-3-22-14(21)19-6-4-15(5-7-19)10(8-16)12(20)18(2)13(23)11(15)9-17/h10-11H,3-7H2,1-2H3. The zero-order chi connectivity index (χ0) is 17.2. The summed E-state index contributed by atoms with van der Waals surface area (Å²) < 4.78 is 4.98. The first-order valence-corrected chi connectivity index (χ1v) is 7.86. The van der Waals surface area contributed by atoms with E-state index in [4.69, 9.17) is 17.0 Å². The molecule has 2 saturated heterocycles. The molecule has 1 spiro atoms. The van der Waals surface area contributed by atoms with Crippen LogP contribution in [-0.4, -0.2) is 53.5 Å². The van der Waals surface area contributed by atoms with Crippen molar-refractivity contribution in [2.75, 3.05) is 26.7 Å². The summed E-state index contributed by atoms with van der Waals surface area (Å²) in [5.41, 5.74) is -0.826. The second kappa shape index (κ2) is 6.51. The van der Waals surface area contributed by atoms with E-state index in [1.165, 1.54) is 11.9 Å². The average molecular weight is 334 g/mol. The summed E-state index contributed by atoms with van der Waals surface area (Å²) in [6.45, 7) is 2.70. The number of carbonyl (C=O) groups is 2. The lowest BCUT2D eigenvalue weighted by Crippen LogP contribution is -2.60. The van der Waals surface area contributed by atoms with Gasteiger partial charge in [-0.05, 0) is 19.8 Å². The minimum atomic E-state index is -0.923. The number of nitriles is 2. The Morgan fingerprint density at radius 3 is 2.39 bits per heavy atom. The molecule has 2 amide bonds. The second-order valence-corrected chi connectivity index (χ2v) is 6.20. The fraction of sp³-hybridized carbons (Fsp3) is 0.667. The Labute approximate surface area is 140 Å². The van der Waals surface area contributed by atoms with Crippen LogP contribution in [0.3, 0.4) is 0 Å². The van der Waals surface area contributed by atoms with E-state index in [0.717, 1.165) is 0 Å². The van der Waals surface area contributed by atoms with Crippen LogP contribution in [0.5, 0.6) is 0 Å². The van der Waals surface area contributed by atoms with Crippen LogP contribution in [0.25, 0.3) is 0 Å². The van der Waals surface area contributed by atoms with Gasteiger partial charge in [-0.15, -0.1) is 0 Å². The first kappa shape index (κ1) is 17.2. The van der Waals surface area contributed by atoms with Gasteiger partial charge in [0.15, 0.2) is 0 Å². The number of hydrogen-bond donors (Lipinski definition) is 0. The quantitative estimate of drug-likeness (QED) is 0.671. The molecule has 2 aliphatic rings. The van der Waals surface area contributed by atoms with Crippen LogP contribution in [0.2, 0.25) is 0 Å². The third-order valence-electron chi connectivity index (χ3n) is 4.78. The van der Waals surface area contributed by atoms with Crippen LogP contribution in [0.1, 0.15) is 19.8 Å². The number of hydrogen-bond acceptors (Lipinski definition) is 6. The Hall–Kier alpha value is -2.19. The maximum absolute atomic E-state index is 12.4. The molecule has 2 fully saturated rings. The molecule has 122 valence electrons. The van der Waals surface area contributed by atoms with E-state index in [0.29, 0.717) is 25.9 Å². The minimum absolute atomic E-state index is 0.258. The van der Waals surface area contributed by atoms with E-state index in [2.05, 4.69) is 12.1 Å². The molecule has 0 aromatic carbocycles. The number of ether oxygens (including phenoxy) is 1. The molecule has 0 saturated carbocycles. The Balaban J connectivity index is 2.30. The molecule has 2 heterocycles. The van der Waals surface area contributed by atoms with Gasteiger partial charge in [-0.3, -0.25) is 4.79 Å². The molecule has 2 atom stereocenters. The third-order valence-corrected chi connectivity index (χ3v) is 5.29. The monoisotopic (exact) mass is 334 g/mol. The lowest BCUT2D eigenvalue weighted by atomic mass is 9.59. The second-order valence-electron chi connectivity index (χ2n) is 5.78. The van der Waals surface area contributed by atoms with Crippen molar-refractivity contribution in [2.45, 2.75) is 19.8 Å². The smallest absolute Gasteiger partial charge is 0.409 e. The summed E-state index contributed by atoms with van der Waals surface area (Å²) in [6.07, 6.45) is 0.343. The number of thiocarbonyl (C=S) groups is 1. The van der Waals surface area contributed by atoms with Crippen molar-refractivity contribution in [2.24, 2.45) is 17.3 Å². The molecule has 8 heteroatoms. The van der Waals surface area contributed by atoms with Gasteiger partial charge >= 0.3 is 6.09 Å². The minimum Gasteiger partial charge on any atom is -0.450 e. The summed E-state index contributed by atoms with van der Waals surface area (Å²) in [5.74, 6) is -1.98. The highest BCUT2D eigenvalue weighted by atomic mass is 32.1. The van der Waals surface area contributed by atoms with Crippen molar-refractivity contribution in [3.05, 3.63) is 0 Å². The molecule has 0 aliphatic carbocycles. The zero-order valence-corrected chi connectivity index (χ0v) is 13.9. The number of likely N-dealkylation sites (tertiary alicyclic amines) is 2. The molecule has 7 nitrogen and oxygen atoms in total. The molecule has 23 heavy (non-hydrogen) atoms. The molecule has 2 rings (SSSR count). The van der Waals surface area contributed by atoms with Gasteiger partial charge in [-0.25, -0.2) is 4.79 Å². The van der Waals surface area contributed by atoms with Gasteiger partial charge in [0.2, 0.25) is 5.91 Å². The Morgan fingerprint density at radius 1 is 1.35 bits per heavy atom. The lowest BCUT2D eigenvalue weighted by Gasteiger charge is -2.50. The van der Waals surface area contributed by atoms with Gasteiger partial charge in [-0.2, -0.15) is 10.5 Å². The van der Waals surface area contributed by atoms with Crippen LogP contribution < -0.4 is 0 Å². The Morgan fingerprint density at radius 2 is 1.91 bits per heavy atom. The highest BCUT2D eigenvalue weighted by Gasteiger charge is 2.57. The van der Waals surface area contributed by atoms with Gasteiger partial charge in [0, 0.05) is 25.6 Å². The maximum Gasteiger partial charge on any atom is 0.409 e. The van der Waals surface area contributed by atoms with Crippen LogP contribution >= 0.6 is 12.2 Å². The number of carbonyl (C=O) groups excluding carboxylic acids is 2. The van der Waals surface area contributed by atoms with Crippen molar-refractivity contribution in [3.8, 4) is 12.1 Å². The zero-order valence-electron chi connectivity index (χ0n) is 13.1. The van der Waals surface area contributed by atoms with Crippen molar-refractivity contribution in [1.29, 1.82) is 10.5 Å². The van der Waals surface area contributed by atoms with E-state index in [1.807, 2.05) is 0 Å². The van der Waals surface area contributed by atoms with Crippen LogP contribution in [-0.2, 0) is 9.53 Å². The fourth-order valence-electron chi connectivity index (χ4n) is 3.42. The highest BCUT2D eigenvalue weighted by molar-refractivity contribution is 7.80. The van der Waals surface area contributed by atoms with Gasteiger partial charge in [0.25, 0.3) is 0 Å². The number of amides is 2. The molecule has 0 radical (unpaired) electrons. The number of rotatable bonds is 1. The van der Waals surface area contributed by atoms with Crippen molar-refractivity contribution in [3.63, 3.8) is 0 Å². The lowest BCUT2D eigenvalue weighted by molar-refractivity contribution is -0.137. The van der Waals surface area contributed by atoms with Gasteiger partial charge in [-0.1, -0.05) is 12.2 Å². The number of nitrogens with zero attached hydrogens (tertiary/aromatic N) is 4. The highest BCUT2D eigenvalue weighted by Crippen LogP contribution is 2.49. The predicted molar refractivity (Wildman–Crippen MR) is 83.8 cm³/mol. The molecular weight excluding hydrogens is 316 g/mol. The summed E-state index contributed by atoms with van der Waals surface area (Å²) in [5, 5.41) is 19.1. The molecule has 2 unspecified atom stereocenters. The molecule has 0 aromatic heterocycles. The normalized spacial score (nSPS) is 26.6. The van der Waals surface area contributed by atoms with Crippen molar-refractivity contribution >= 4 is 29.2 Å². The van der Waals surface area contributed by atoms with Gasteiger partial charge in [0.1, 0.15) is 16.8 Å². The van der Waals surface area contributed by atoms with Crippen molar-refractivity contribution < 1.29 is 14.3 Å². The Kier molecular flexibility index (Phi) is 4.86. The van der Waals surface area contributed by atoms with E-state index < -0.39 is 23.3 Å². The van der Waals surface area contributed by atoms with E-state index in [1.54, 1.807) is 11.8 Å². The van der Waals surface area contributed by atoms with E-state index in [9.17, 15) is 20.1 Å². The van der Waals surface area contributed by atoms with Crippen molar-refractivity contribution in [1.82, 2.24) is 9.80 Å². The molecular formula is C15H18N4O3S. The van der Waals surface area contributed by atoms with Gasteiger partial charge < -0.3 is 14.5 Å². The van der Waals surface area contributed by atoms with E-state index >= 15 is 0 Å². The van der Waals surface area contributed by atoms with E-state index in [-0.39, 0.29) is 17.5 Å². The average Bonchev–Trinajstić information content (AvgIpc) is 2.55. The van der Waals surface area contributed by atoms with Gasteiger partial charge in [0.05, 0.1) is 18.7 Å². The largest absolute Gasteiger partial charge is 0.450 e. The summed E-state index contributed by atoms with van der Waals surface area (Å²) >= 11 is 5.27. The first-order valence-electron chi connectivity index (χ1n) is 7.45. The van der Waals surface area contributed by atoms with Crippen LogP contribution in [0.15, 0.2) is 0 Å². The van der Waals surface area contributed by atoms with Crippen LogP contribution in [0.4, 0.5) is 4.79 Å². The summed E-state index contributed by atoms with van der Waals surface area (Å²) in [7, 11) is 1.50. The SMILES string of the molecule is CCOC(=O)N1CCC2(CC1)C(C#N)C(=O)N(C)C(=S)C2C#N. The predicted octanol–water partition coefficient (Wildman–Crippen LogP) is 1.30. The molecule has 0 N–H and O–H groups in total. The Bertz CT molecular complexity index is 577. The molecule has 0 bridgehead atoms. The fourth-order valence-corrected chi connectivity index (χ4v) is 3.80. The first-order chi connectivity index (χ1) is 10.9. The summed E-state index contributed by atoms with van der Waals surface area (Å²) in [4.78, 5) is 27.3.